The summed E-state index contributed by atoms with van der Waals surface area (Å²) >= 11 is 3.15. The predicted octanol–water partition coefficient (Wildman–Crippen LogP) is 3.86. The number of hydrogen-bond donors (Lipinski definition) is 1. The van der Waals surface area contributed by atoms with Crippen LogP contribution in [0.3, 0.4) is 0 Å². The molecule has 1 amide bonds. The smallest absolute Gasteiger partial charge is 0.276 e. The highest BCUT2D eigenvalue weighted by Crippen LogP contribution is 2.32. The number of hydrogen-bond acceptors (Lipinski definition) is 5. The number of aromatic nitrogens is 2. The number of rotatable bonds is 4. The summed E-state index contributed by atoms with van der Waals surface area (Å²) in [6.45, 7) is 4.04. The number of benzene rings is 1. The Morgan fingerprint density at radius 2 is 2.08 bits per heavy atom. The average molecular weight is 383 g/mol. The zero-order chi connectivity index (χ0) is 18.3. The Bertz CT molecular complexity index is 1160. The summed E-state index contributed by atoms with van der Waals surface area (Å²) in [7, 11) is 0. The van der Waals surface area contributed by atoms with E-state index in [-0.39, 0.29) is 11.5 Å². The van der Waals surface area contributed by atoms with Gasteiger partial charge in [0, 0.05) is 15.0 Å². The molecule has 7 heteroatoms. The number of carbonyl (C=O) groups excluding carboxylic acids is 1. The average Bonchev–Trinajstić information content (AvgIpc) is 3.29. The van der Waals surface area contributed by atoms with Crippen LogP contribution in [-0.2, 0) is 11.3 Å². The fourth-order valence-electron chi connectivity index (χ4n) is 2.99. The van der Waals surface area contributed by atoms with Crippen LogP contribution in [0.15, 0.2) is 46.6 Å². The topological polar surface area (TPSA) is 64.0 Å². The molecule has 5 nitrogen and oxygen atoms in total. The molecule has 0 aliphatic rings. The molecule has 26 heavy (non-hydrogen) atoms. The summed E-state index contributed by atoms with van der Waals surface area (Å²) in [5, 5.41) is 10.8. The predicted molar refractivity (Wildman–Crippen MR) is 107 cm³/mol. The number of carbonyl (C=O) groups is 1. The van der Waals surface area contributed by atoms with Crippen molar-refractivity contribution in [2.45, 2.75) is 26.4 Å². The van der Waals surface area contributed by atoms with Crippen LogP contribution >= 0.6 is 22.7 Å². The van der Waals surface area contributed by atoms with Crippen LogP contribution < -0.4 is 10.9 Å². The first-order chi connectivity index (χ1) is 12.6. The number of amides is 1. The van der Waals surface area contributed by atoms with Crippen LogP contribution in [0, 0.1) is 6.92 Å². The summed E-state index contributed by atoms with van der Waals surface area (Å²) in [6.07, 6.45) is 0. The largest absolute Gasteiger partial charge is 0.349 e. The number of thiophene rings is 2. The highest BCUT2D eigenvalue weighted by atomic mass is 32.1. The third kappa shape index (κ3) is 2.83. The third-order valence-electron chi connectivity index (χ3n) is 4.37. The fraction of sp³-hybridized carbons (Fsp3) is 0.211. The number of nitrogens with one attached hydrogen (secondary N) is 1. The van der Waals surface area contributed by atoms with Crippen LogP contribution in [0.25, 0.3) is 20.2 Å². The van der Waals surface area contributed by atoms with Crippen molar-refractivity contribution in [3.05, 3.63) is 62.7 Å². The Morgan fingerprint density at radius 1 is 1.27 bits per heavy atom. The van der Waals surface area contributed by atoms with Crippen LogP contribution in [0.2, 0.25) is 0 Å². The molecule has 1 aromatic carbocycles. The normalized spacial score (nSPS) is 12.5. The molecule has 0 unspecified atom stereocenters. The molecule has 0 bridgehead atoms. The molecule has 3 aromatic heterocycles. The minimum atomic E-state index is -0.677. The minimum Gasteiger partial charge on any atom is -0.349 e. The van der Waals surface area contributed by atoms with Crippen LogP contribution in [-0.4, -0.2) is 15.7 Å². The van der Waals surface area contributed by atoms with Crippen molar-refractivity contribution in [1.82, 2.24) is 15.1 Å². The molecule has 3 heterocycles. The Labute approximate surface area is 157 Å². The van der Waals surface area contributed by atoms with E-state index in [1.807, 2.05) is 48.7 Å². The molecule has 0 radical (unpaired) electrons. The summed E-state index contributed by atoms with van der Waals surface area (Å²) < 4.78 is 3.25. The van der Waals surface area contributed by atoms with Gasteiger partial charge in [0.15, 0.2) is 0 Å². The maximum atomic E-state index is 13.1. The van der Waals surface area contributed by atoms with Gasteiger partial charge in [-0.05, 0) is 31.4 Å². The van der Waals surface area contributed by atoms with Crippen molar-refractivity contribution in [3.8, 4) is 0 Å². The summed E-state index contributed by atoms with van der Waals surface area (Å²) in [5.74, 6) is -0.216. The quantitative estimate of drug-likeness (QED) is 0.582. The number of fused-ring (bicyclic) bond motifs is 3. The van der Waals surface area contributed by atoms with E-state index in [1.165, 1.54) is 4.68 Å². The lowest BCUT2D eigenvalue weighted by atomic mass is 10.2. The summed E-state index contributed by atoms with van der Waals surface area (Å²) in [4.78, 5) is 26.7. The summed E-state index contributed by atoms with van der Waals surface area (Å²) in [5.41, 5.74) is 0.542. The van der Waals surface area contributed by atoms with Gasteiger partial charge in [-0.1, -0.05) is 24.3 Å². The lowest BCUT2D eigenvalue weighted by molar-refractivity contribution is -0.124. The maximum Gasteiger partial charge on any atom is 0.276 e. The first kappa shape index (κ1) is 16.9. The SMILES string of the molecule is Cc1nn([C@@H](C)C(=O)NCc2cccs2)c(=O)c2c1sc1ccccc12. The molecule has 0 spiro atoms. The Kier molecular flexibility index (Phi) is 4.34. The molecule has 0 fully saturated rings. The molecule has 1 atom stereocenters. The van der Waals surface area contributed by atoms with Crippen molar-refractivity contribution >= 4 is 48.8 Å². The fourth-order valence-corrected chi connectivity index (χ4v) is 4.77. The molecule has 4 rings (SSSR count). The van der Waals surface area contributed by atoms with Gasteiger partial charge in [-0.2, -0.15) is 5.10 Å². The highest BCUT2D eigenvalue weighted by molar-refractivity contribution is 7.26. The highest BCUT2D eigenvalue weighted by Gasteiger charge is 2.21. The second-order valence-corrected chi connectivity index (χ2v) is 8.20. The number of aryl methyl sites for hydroxylation is 1. The Hall–Kier alpha value is -2.51. The van der Waals surface area contributed by atoms with E-state index in [0.717, 1.165) is 25.4 Å². The third-order valence-corrected chi connectivity index (χ3v) is 6.52. The van der Waals surface area contributed by atoms with E-state index in [2.05, 4.69) is 10.4 Å². The molecular formula is C19H17N3O2S2. The second-order valence-electron chi connectivity index (χ2n) is 6.11. The van der Waals surface area contributed by atoms with Gasteiger partial charge in [-0.15, -0.1) is 22.7 Å². The van der Waals surface area contributed by atoms with Gasteiger partial charge in [0.2, 0.25) is 5.91 Å². The molecule has 0 saturated carbocycles. The van der Waals surface area contributed by atoms with Crippen molar-refractivity contribution < 1.29 is 4.79 Å². The van der Waals surface area contributed by atoms with Crippen molar-refractivity contribution in [1.29, 1.82) is 0 Å². The summed E-state index contributed by atoms with van der Waals surface area (Å²) in [6, 6.07) is 11.1. The molecule has 132 valence electrons. The van der Waals surface area contributed by atoms with E-state index in [4.69, 9.17) is 0 Å². The zero-order valence-corrected chi connectivity index (χ0v) is 16.0. The van der Waals surface area contributed by atoms with Gasteiger partial charge in [-0.3, -0.25) is 9.59 Å². The van der Waals surface area contributed by atoms with E-state index in [1.54, 1.807) is 29.6 Å². The van der Waals surface area contributed by atoms with E-state index >= 15 is 0 Å². The molecular weight excluding hydrogens is 366 g/mol. The van der Waals surface area contributed by atoms with E-state index < -0.39 is 6.04 Å². The monoisotopic (exact) mass is 383 g/mol. The lowest BCUT2D eigenvalue weighted by Gasteiger charge is -2.14. The van der Waals surface area contributed by atoms with Gasteiger partial charge < -0.3 is 5.32 Å². The first-order valence-corrected chi connectivity index (χ1v) is 9.96. The second kappa shape index (κ2) is 6.66. The van der Waals surface area contributed by atoms with Crippen LogP contribution in [0.1, 0.15) is 23.5 Å². The van der Waals surface area contributed by atoms with Crippen molar-refractivity contribution in [2.75, 3.05) is 0 Å². The van der Waals surface area contributed by atoms with Crippen molar-refractivity contribution in [2.24, 2.45) is 0 Å². The van der Waals surface area contributed by atoms with Gasteiger partial charge in [0.05, 0.1) is 22.3 Å². The van der Waals surface area contributed by atoms with Gasteiger partial charge in [-0.25, -0.2) is 4.68 Å². The molecule has 0 aliphatic carbocycles. The van der Waals surface area contributed by atoms with Crippen LogP contribution in [0.5, 0.6) is 0 Å². The van der Waals surface area contributed by atoms with E-state index in [9.17, 15) is 9.59 Å². The van der Waals surface area contributed by atoms with E-state index in [0.29, 0.717) is 11.9 Å². The van der Waals surface area contributed by atoms with Gasteiger partial charge >= 0.3 is 0 Å². The molecule has 4 aromatic rings. The Balaban J connectivity index is 1.73. The standard InChI is InChI=1S/C19H17N3O2S2/c1-11-17-16(14-7-3-4-8-15(14)26-17)19(24)22(21-11)12(2)18(23)20-10-13-6-5-9-25-13/h3-9,12H,10H2,1-2H3,(H,20,23)/t12-/m0/s1. The van der Waals surface area contributed by atoms with Gasteiger partial charge in [0.1, 0.15) is 6.04 Å². The maximum absolute atomic E-state index is 13.1. The van der Waals surface area contributed by atoms with Crippen LogP contribution in [0.4, 0.5) is 0 Å². The van der Waals surface area contributed by atoms with Gasteiger partial charge in [0.25, 0.3) is 5.56 Å². The molecule has 0 aliphatic heterocycles. The lowest BCUT2D eigenvalue weighted by Crippen LogP contribution is -2.37. The zero-order valence-electron chi connectivity index (χ0n) is 14.4. The minimum absolute atomic E-state index is 0.216. The number of nitrogens with zero attached hydrogens (tertiary/aromatic N) is 2. The molecule has 1 N–H and O–H groups in total. The van der Waals surface area contributed by atoms with Crippen molar-refractivity contribution in [3.63, 3.8) is 0 Å². The molecule has 0 saturated heterocycles. The first-order valence-electron chi connectivity index (χ1n) is 8.27. The Morgan fingerprint density at radius 3 is 2.85 bits per heavy atom.